The number of carbonyl (C=O) groups is 1. The summed E-state index contributed by atoms with van der Waals surface area (Å²) in [5.41, 5.74) is 2.09. The van der Waals surface area contributed by atoms with Crippen molar-refractivity contribution >= 4 is 11.6 Å². The molecule has 3 rings (SSSR count). The fraction of sp³-hybridized carbons (Fsp3) is 0.500. The van der Waals surface area contributed by atoms with Crippen molar-refractivity contribution in [3.63, 3.8) is 0 Å². The number of hydrogen-bond acceptors (Lipinski definition) is 4. The van der Waals surface area contributed by atoms with Gasteiger partial charge in [-0.05, 0) is 39.0 Å². The monoisotopic (exact) mass is 356 g/mol. The Hall–Kier alpha value is -2.50. The Balaban J connectivity index is 1.56. The van der Waals surface area contributed by atoms with Crippen molar-refractivity contribution in [2.45, 2.75) is 33.2 Å². The molecule has 140 valence electrons. The maximum Gasteiger partial charge on any atom is 0.224 e. The van der Waals surface area contributed by atoms with Gasteiger partial charge in [-0.15, -0.1) is 0 Å². The molecule has 1 aromatic heterocycles. The number of para-hydroxylation sites is 2. The van der Waals surface area contributed by atoms with Crippen molar-refractivity contribution in [1.82, 2.24) is 14.7 Å². The highest BCUT2D eigenvalue weighted by molar-refractivity contribution is 5.77. The predicted molar refractivity (Wildman–Crippen MR) is 103 cm³/mol. The van der Waals surface area contributed by atoms with E-state index in [0.717, 1.165) is 43.3 Å². The lowest BCUT2D eigenvalue weighted by Gasteiger charge is -2.37. The number of rotatable bonds is 6. The number of aryl methyl sites for hydroxylation is 1. The average molecular weight is 356 g/mol. The first kappa shape index (κ1) is 18.3. The van der Waals surface area contributed by atoms with Crippen LogP contribution in [0.4, 0.5) is 5.69 Å². The molecular formula is C20H28N4O2. The van der Waals surface area contributed by atoms with Crippen LogP contribution in [0.15, 0.2) is 36.5 Å². The third-order valence-electron chi connectivity index (χ3n) is 4.80. The second-order valence-electron chi connectivity index (χ2n) is 6.76. The van der Waals surface area contributed by atoms with Gasteiger partial charge in [-0.2, -0.15) is 5.10 Å². The second-order valence-corrected chi connectivity index (χ2v) is 6.76. The van der Waals surface area contributed by atoms with Crippen LogP contribution in [0.2, 0.25) is 0 Å². The average Bonchev–Trinajstić information content (AvgIpc) is 3.09. The van der Waals surface area contributed by atoms with Gasteiger partial charge >= 0.3 is 0 Å². The zero-order chi connectivity index (χ0) is 18.5. The van der Waals surface area contributed by atoms with E-state index in [-0.39, 0.29) is 11.9 Å². The van der Waals surface area contributed by atoms with Crippen LogP contribution in [-0.2, 0) is 4.79 Å². The molecule has 1 amide bonds. The van der Waals surface area contributed by atoms with Crippen molar-refractivity contribution < 1.29 is 9.53 Å². The van der Waals surface area contributed by atoms with Crippen molar-refractivity contribution in [1.29, 1.82) is 0 Å². The van der Waals surface area contributed by atoms with Crippen LogP contribution in [0.3, 0.4) is 0 Å². The van der Waals surface area contributed by atoms with Gasteiger partial charge in [0.2, 0.25) is 5.91 Å². The van der Waals surface area contributed by atoms with E-state index in [4.69, 9.17) is 4.74 Å². The predicted octanol–water partition coefficient (Wildman–Crippen LogP) is 2.89. The van der Waals surface area contributed by atoms with Gasteiger partial charge in [-0.3, -0.25) is 9.48 Å². The summed E-state index contributed by atoms with van der Waals surface area (Å²) < 4.78 is 7.61. The molecule has 0 radical (unpaired) electrons. The summed E-state index contributed by atoms with van der Waals surface area (Å²) in [5.74, 6) is 1.11. The number of amides is 1. The molecule has 0 aliphatic carbocycles. The van der Waals surface area contributed by atoms with E-state index in [1.165, 1.54) is 0 Å². The molecule has 0 spiro atoms. The van der Waals surface area contributed by atoms with Gasteiger partial charge in [0.05, 0.1) is 24.0 Å². The minimum absolute atomic E-state index is 0.0768. The Morgan fingerprint density at radius 3 is 2.58 bits per heavy atom. The molecule has 2 heterocycles. The van der Waals surface area contributed by atoms with Crippen LogP contribution < -0.4 is 9.64 Å². The van der Waals surface area contributed by atoms with Gasteiger partial charge in [-0.1, -0.05) is 12.1 Å². The first-order valence-corrected chi connectivity index (χ1v) is 9.34. The largest absolute Gasteiger partial charge is 0.492 e. The molecule has 0 N–H and O–H groups in total. The SMILES string of the molecule is CCOc1ccccc1N1CCN(C(=O)CC(C)n2ccc(C)n2)CC1. The maximum absolute atomic E-state index is 12.6. The normalized spacial score (nSPS) is 15.8. The molecular weight excluding hydrogens is 328 g/mol. The van der Waals surface area contributed by atoms with E-state index in [9.17, 15) is 4.79 Å². The molecule has 1 unspecified atom stereocenters. The Morgan fingerprint density at radius 1 is 1.19 bits per heavy atom. The number of anilines is 1. The summed E-state index contributed by atoms with van der Waals surface area (Å²) in [4.78, 5) is 16.9. The Kier molecular flexibility index (Phi) is 5.81. The molecule has 0 bridgehead atoms. The third kappa shape index (κ3) is 4.18. The van der Waals surface area contributed by atoms with Gasteiger partial charge in [0.25, 0.3) is 0 Å². The van der Waals surface area contributed by atoms with Gasteiger partial charge in [0.15, 0.2) is 0 Å². The minimum atomic E-state index is 0.0768. The van der Waals surface area contributed by atoms with E-state index in [0.29, 0.717) is 13.0 Å². The van der Waals surface area contributed by atoms with E-state index >= 15 is 0 Å². The number of piperazine rings is 1. The van der Waals surface area contributed by atoms with Crippen molar-refractivity contribution in [2.24, 2.45) is 0 Å². The van der Waals surface area contributed by atoms with Crippen LogP contribution in [0.1, 0.15) is 32.0 Å². The summed E-state index contributed by atoms with van der Waals surface area (Å²) in [6, 6.07) is 10.2. The molecule has 2 aromatic rings. The summed E-state index contributed by atoms with van der Waals surface area (Å²) >= 11 is 0. The first-order valence-electron chi connectivity index (χ1n) is 9.34. The minimum Gasteiger partial charge on any atom is -0.492 e. The van der Waals surface area contributed by atoms with Crippen molar-refractivity contribution in [3.05, 3.63) is 42.2 Å². The zero-order valence-corrected chi connectivity index (χ0v) is 15.9. The lowest BCUT2D eigenvalue weighted by Crippen LogP contribution is -2.49. The molecule has 1 aliphatic heterocycles. The van der Waals surface area contributed by atoms with Crippen molar-refractivity contribution in [3.8, 4) is 5.75 Å². The number of nitrogens with zero attached hydrogens (tertiary/aromatic N) is 4. The number of ether oxygens (including phenoxy) is 1. The Bertz CT molecular complexity index is 735. The maximum atomic E-state index is 12.6. The highest BCUT2D eigenvalue weighted by atomic mass is 16.5. The van der Waals surface area contributed by atoms with Crippen LogP contribution in [0, 0.1) is 6.92 Å². The Morgan fingerprint density at radius 2 is 1.92 bits per heavy atom. The number of carbonyl (C=O) groups excluding carboxylic acids is 1. The van der Waals surface area contributed by atoms with E-state index < -0.39 is 0 Å². The summed E-state index contributed by atoms with van der Waals surface area (Å²) in [6.07, 6.45) is 2.42. The Labute approximate surface area is 155 Å². The molecule has 26 heavy (non-hydrogen) atoms. The summed E-state index contributed by atoms with van der Waals surface area (Å²) in [7, 11) is 0. The fourth-order valence-corrected chi connectivity index (χ4v) is 3.35. The smallest absolute Gasteiger partial charge is 0.224 e. The topological polar surface area (TPSA) is 50.6 Å². The lowest BCUT2D eigenvalue weighted by molar-refractivity contribution is -0.132. The van der Waals surface area contributed by atoms with E-state index in [2.05, 4.69) is 16.1 Å². The highest BCUT2D eigenvalue weighted by Gasteiger charge is 2.24. The molecule has 1 atom stereocenters. The van der Waals surface area contributed by atoms with Gasteiger partial charge in [0, 0.05) is 38.8 Å². The number of aromatic nitrogens is 2. The quantitative estimate of drug-likeness (QED) is 0.799. The van der Waals surface area contributed by atoms with Crippen LogP contribution in [0.5, 0.6) is 5.75 Å². The standard InChI is InChI=1S/C20H28N4O2/c1-4-26-19-8-6-5-7-18(19)22-11-13-23(14-12-22)20(25)15-17(3)24-10-9-16(2)21-24/h5-10,17H,4,11-15H2,1-3H3. The van der Waals surface area contributed by atoms with Gasteiger partial charge in [-0.25, -0.2) is 0 Å². The summed E-state index contributed by atoms with van der Waals surface area (Å²) in [6.45, 7) is 9.78. The molecule has 0 saturated carbocycles. The third-order valence-corrected chi connectivity index (χ3v) is 4.80. The molecule has 6 nitrogen and oxygen atoms in total. The van der Waals surface area contributed by atoms with Crippen molar-refractivity contribution in [2.75, 3.05) is 37.7 Å². The first-order chi connectivity index (χ1) is 12.6. The van der Waals surface area contributed by atoms with E-state index in [1.54, 1.807) is 0 Å². The van der Waals surface area contributed by atoms with Gasteiger partial charge in [0.1, 0.15) is 5.75 Å². The number of hydrogen-bond donors (Lipinski definition) is 0. The molecule has 6 heteroatoms. The molecule has 1 aromatic carbocycles. The van der Waals surface area contributed by atoms with Gasteiger partial charge < -0.3 is 14.5 Å². The zero-order valence-electron chi connectivity index (χ0n) is 15.9. The molecule has 1 aliphatic rings. The van der Waals surface area contributed by atoms with Crippen LogP contribution in [-0.4, -0.2) is 53.4 Å². The lowest BCUT2D eigenvalue weighted by atomic mass is 10.2. The molecule has 1 fully saturated rings. The van der Waals surface area contributed by atoms with Crippen LogP contribution >= 0.6 is 0 Å². The number of benzene rings is 1. The molecule has 1 saturated heterocycles. The highest BCUT2D eigenvalue weighted by Crippen LogP contribution is 2.29. The van der Waals surface area contributed by atoms with E-state index in [1.807, 2.05) is 60.8 Å². The summed E-state index contributed by atoms with van der Waals surface area (Å²) in [5, 5.41) is 4.41. The second kappa shape index (κ2) is 8.25. The van der Waals surface area contributed by atoms with Crippen LogP contribution in [0.25, 0.3) is 0 Å². The fourth-order valence-electron chi connectivity index (χ4n) is 3.35.